The molecule has 3 heteroatoms. The second-order valence-electron chi connectivity index (χ2n) is 11.7. The van der Waals surface area contributed by atoms with Crippen LogP contribution >= 0.6 is 0 Å². The van der Waals surface area contributed by atoms with Crippen LogP contribution in [0.15, 0.2) is 175 Å². The molecule has 7 aromatic carbocycles. The van der Waals surface area contributed by atoms with Crippen molar-refractivity contribution in [3.8, 4) is 22.3 Å². The third kappa shape index (κ3) is 4.49. The summed E-state index contributed by atoms with van der Waals surface area (Å²) in [5, 5.41) is 6.82. The van der Waals surface area contributed by atoms with Crippen molar-refractivity contribution in [2.45, 2.75) is 0 Å². The van der Waals surface area contributed by atoms with E-state index in [-0.39, 0.29) is 0 Å². The summed E-state index contributed by atoms with van der Waals surface area (Å²) < 4.78 is 6.33. The second kappa shape index (κ2) is 10.8. The van der Waals surface area contributed by atoms with E-state index < -0.39 is 0 Å². The van der Waals surface area contributed by atoms with Crippen LogP contribution in [0, 0.1) is 0 Å². The molecule has 0 bridgehead atoms. The maximum absolute atomic E-state index is 6.33. The first-order chi connectivity index (χ1) is 22.8. The largest absolute Gasteiger partial charge is 0.455 e. The minimum atomic E-state index is 0.854. The van der Waals surface area contributed by atoms with Gasteiger partial charge < -0.3 is 9.32 Å². The number of aromatic nitrogens is 1. The number of furan rings is 1. The number of hydrogen-bond donors (Lipinski definition) is 0. The molecule has 0 saturated carbocycles. The van der Waals surface area contributed by atoms with Gasteiger partial charge in [0.2, 0.25) is 0 Å². The van der Waals surface area contributed by atoms with Crippen molar-refractivity contribution >= 4 is 60.5 Å². The van der Waals surface area contributed by atoms with Gasteiger partial charge in [0.05, 0.1) is 0 Å². The SMILES string of the molecule is c1ccc(-c2cccc(N(c3ccc(-c4ccc5ccccc5c4)cc3)c3ccc4c(ccc5c6cnccc6oc45)c3)c2)cc1. The van der Waals surface area contributed by atoms with Crippen LogP contribution in [-0.2, 0) is 0 Å². The molecule has 2 aromatic heterocycles. The van der Waals surface area contributed by atoms with Gasteiger partial charge in [0.1, 0.15) is 11.2 Å². The van der Waals surface area contributed by atoms with Crippen molar-refractivity contribution in [2.24, 2.45) is 0 Å². The molecule has 2 heterocycles. The number of rotatable bonds is 5. The zero-order valence-electron chi connectivity index (χ0n) is 25.0. The van der Waals surface area contributed by atoms with Crippen LogP contribution in [0.1, 0.15) is 0 Å². The van der Waals surface area contributed by atoms with E-state index in [4.69, 9.17) is 4.42 Å². The van der Waals surface area contributed by atoms with E-state index in [1.54, 1.807) is 6.20 Å². The van der Waals surface area contributed by atoms with Crippen LogP contribution in [-0.4, -0.2) is 4.98 Å². The molecule has 0 spiro atoms. The van der Waals surface area contributed by atoms with Crippen molar-refractivity contribution in [3.05, 3.63) is 170 Å². The predicted octanol–water partition coefficient (Wildman–Crippen LogP) is 12.1. The Morgan fingerprint density at radius 2 is 1.09 bits per heavy atom. The summed E-state index contributed by atoms with van der Waals surface area (Å²) in [6, 6.07) is 56.3. The lowest BCUT2D eigenvalue weighted by Gasteiger charge is -2.26. The maximum Gasteiger partial charge on any atom is 0.143 e. The number of benzene rings is 7. The number of fused-ring (bicyclic) bond motifs is 6. The molecule has 46 heavy (non-hydrogen) atoms. The van der Waals surface area contributed by atoms with Crippen LogP contribution in [0.25, 0.3) is 65.7 Å². The summed E-state index contributed by atoms with van der Waals surface area (Å²) in [7, 11) is 0. The molecular formula is C43H28N2O. The van der Waals surface area contributed by atoms with Crippen molar-refractivity contribution in [1.82, 2.24) is 4.98 Å². The smallest absolute Gasteiger partial charge is 0.143 e. The summed E-state index contributed by atoms with van der Waals surface area (Å²) in [6.45, 7) is 0. The molecule has 0 aliphatic carbocycles. The molecular weight excluding hydrogens is 560 g/mol. The number of hydrogen-bond acceptors (Lipinski definition) is 3. The van der Waals surface area contributed by atoms with Gasteiger partial charge in [-0.3, -0.25) is 4.98 Å². The summed E-state index contributed by atoms with van der Waals surface area (Å²) in [6.07, 6.45) is 3.65. The average Bonchev–Trinajstić information content (AvgIpc) is 3.51. The Hall–Kier alpha value is -6.19. The summed E-state index contributed by atoms with van der Waals surface area (Å²) in [5.74, 6) is 0. The molecule has 216 valence electrons. The molecule has 0 N–H and O–H groups in total. The molecule has 0 radical (unpaired) electrons. The monoisotopic (exact) mass is 588 g/mol. The van der Waals surface area contributed by atoms with Gasteiger partial charge in [-0.05, 0) is 99.1 Å². The molecule has 9 aromatic rings. The molecule has 0 amide bonds. The Kier molecular flexibility index (Phi) is 6.14. The van der Waals surface area contributed by atoms with Gasteiger partial charge in [0, 0.05) is 45.6 Å². The molecule has 0 saturated heterocycles. The maximum atomic E-state index is 6.33. The fraction of sp³-hybridized carbons (Fsp3) is 0. The van der Waals surface area contributed by atoms with Crippen molar-refractivity contribution in [2.75, 3.05) is 4.90 Å². The van der Waals surface area contributed by atoms with Crippen molar-refractivity contribution in [3.63, 3.8) is 0 Å². The second-order valence-corrected chi connectivity index (χ2v) is 11.7. The third-order valence-corrected chi connectivity index (χ3v) is 8.92. The summed E-state index contributed by atoms with van der Waals surface area (Å²) in [4.78, 5) is 6.66. The Morgan fingerprint density at radius 3 is 1.98 bits per heavy atom. The Morgan fingerprint density at radius 1 is 0.413 bits per heavy atom. The van der Waals surface area contributed by atoms with Crippen LogP contribution in [0.4, 0.5) is 17.1 Å². The first-order valence-electron chi connectivity index (χ1n) is 15.5. The predicted molar refractivity (Wildman–Crippen MR) is 192 cm³/mol. The van der Waals surface area contributed by atoms with Gasteiger partial charge in [-0.15, -0.1) is 0 Å². The first kappa shape index (κ1) is 26.2. The van der Waals surface area contributed by atoms with E-state index >= 15 is 0 Å². The lowest BCUT2D eigenvalue weighted by atomic mass is 10.0. The van der Waals surface area contributed by atoms with Gasteiger partial charge >= 0.3 is 0 Å². The Bertz CT molecular complexity index is 2530. The third-order valence-electron chi connectivity index (χ3n) is 8.92. The highest BCUT2D eigenvalue weighted by Crippen LogP contribution is 2.41. The molecule has 9 rings (SSSR count). The average molecular weight is 589 g/mol. The number of pyridine rings is 1. The summed E-state index contributed by atoms with van der Waals surface area (Å²) >= 11 is 0. The topological polar surface area (TPSA) is 29.3 Å². The van der Waals surface area contributed by atoms with Gasteiger partial charge in [0.25, 0.3) is 0 Å². The highest BCUT2D eigenvalue weighted by Gasteiger charge is 2.17. The zero-order chi connectivity index (χ0) is 30.5. The molecule has 3 nitrogen and oxygen atoms in total. The van der Waals surface area contributed by atoms with Crippen molar-refractivity contribution in [1.29, 1.82) is 0 Å². The highest BCUT2D eigenvalue weighted by molar-refractivity contribution is 6.15. The fourth-order valence-electron chi connectivity index (χ4n) is 6.61. The van der Waals surface area contributed by atoms with E-state index in [0.717, 1.165) is 49.8 Å². The molecule has 0 atom stereocenters. The van der Waals surface area contributed by atoms with Gasteiger partial charge in [-0.2, -0.15) is 0 Å². The standard InChI is InChI=1S/C43H28N2O/c1-2-7-29(8-3-1)33-11-6-12-37(26-33)45(36-18-15-31(16-19-36)34-14-13-30-9-4-5-10-32(30)25-34)38-20-22-39-35(27-38)17-21-40-41-28-44-24-23-42(41)46-43(39)40/h1-28H. The van der Waals surface area contributed by atoms with Crippen LogP contribution in [0.3, 0.4) is 0 Å². The lowest BCUT2D eigenvalue weighted by molar-refractivity contribution is 0.672. The van der Waals surface area contributed by atoms with E-state index in [9.17, 15) is 0 Å². The molecule has 0 unspecified atom stereocenters. The minimum Gasteiger partial charge on any atom is -0.455 e. The Balaban J connectivity index is 1.18. The quantitative estimate of drug-likeness (QED) is 0.200. The first-order valence-corrected chi connectivity index (χ1v) is 15.5. The van der Waals surface area contributed by atoms with E-state index in [0.29, 0.717) is 0 Å². The van der Waals surface area contributed by atoms with Gasteiger partial charge in [-0.25, -0.2) is 0 Å². The van der Waals surface area contributed by atoms with E-state index in [2.05, 4.69) is 162 Å². The van der Waals surface area contributed by atoms with Gasteiger partial charge in [-0.1, -0.05) is 97.1 Å². The lowest BCUT2D eigenvalue weighted by Crippen LogP contribution is -2.10. The minimum absolute atomic E-state index is 0.854. The Labute approximate surface area is 266 Å². The summed E-state index contributed by atoms with van der Waals surface area (Å²) in [5.41, 5.74) is 9.77. The molecule has 0 aliphatic heterocycles. The van der Waals surface area contributed by atoms with Gasteiger partial charge in [0.15, 0.2) is 0 Å². The highest BCUT2D eigenvalue weighted by atomic mass is 16.3. The number of anilines is 3. The van der Waals surface area contributed by atoms with Crippen LogP contribution in [0.2, 0.25) is 0 Å². The zero-order valence-corrected chi connectivity index (χ0v) is 25.0. The van der Waals surface area contributed by atoms with Crippen molar-refractivity contribution < 1.29 is 4.42 Å². The molecule has 0 aliphatic rings. The number of nitrogens with zero attached hydrogens (tertiary/aromatic N) is 2. The van der Waals surface area contributed by atoms with Crippen LogP contribution in [0.5, 0.6) is 0 Å². The fourth-order valence-corrected chi connectivity index (χ4v) is 6.61. The molecule has 0 fully saturated rings. The van der Waals surface area contributed by atoms with Crippen LogP contribution < -0.4 is 4.90 Å². The van der Waals surface area contributed by atoms with E-state index in [1.165, 1.54) is 33.0 Å². The normalized spacial score (nSPS) is 11.5. The van der Waals surface area contributed by atoms with E-state index in [1.807, 2.05) is 12.3 Å².